The van der Waals surface area contributed by atoms with Gasteiger partial charge in [0.1, 0.15) is 17.0 Å². The Balaban J connectivity index is 2.53. The van der Waals surface area contributed by atoms with Crippen molar-refractivity contribution in [2.24, 2.45) is 0 Å². The summed E-state index contributed by atoms with van der Waals surface area (Å²) < 4.78 is 4.79. The summed E-state index contributed by atoms with van der Waals surface area (Å²) in [6.45, 7) is 1.47. The lowest BCUT2D eigenvalue weighted by Crippen LogP contribution is -1.98. The van der Waals surface area contributed by atoms with Crippen LogP contribution in [0.15, 0.2) is 16.7 Å². The third-order valence-electron chi connectivity index (χ3n) is 2.08. The summed E-state index contributed by atoms with van der Waals surface area (Å²) in [6, 6.07) is 2.75. The van der Waals surface area contributed by atoms with Crippen LogP contribution in [0.5, 0.6) is 0 Å². The molecule has 2 aromatic rings. The van der Waals surface area contributed by atoms with Crippen LogP contribution in [0, 0.1) is 17.0 Å². The quantitative estimate of drug-likeness (QED) is 0.665. The van der Waals surface area contributed by atoms with Crippen molar-refractivity contribution in [3.8, 4) is 10.6 Å². The number of aryl methyl sites for hydroxylation is 1. The zero-order chi connectivity index (χ0) is 12.6. The molecule has 0 atom stereocenters. The Hall–Kier alpha value is -2.22. The molecule has 1 N–H and O–H groups in total. The average Bonchev–Trinajstić information content (AvgIpc) is 2.82. The molecule has 2 rings (SSSR count). The smallest absolute Gasteiger partial charge is 0.341 e. The molecule has 0 fully saturated rings. The second kappa shape index (κ2) is 3.98. The highest BCUT2D eigenvalue weighted by molar-refractivity contribution is 7.18. The number of hydrogen-bond acceptors (Lipinski definition) is 6. The number of aromatic nitrogens is 1. The van der Waals surface area contributed by atoms with Gasteiger partial charge in [0.05, 0.1) is 9.80 Å². The van der Waals surface area contributed by atoms with Gasteiger partial charge in [0, 0.05) is 6.07 Å². The van der Waals surface area contributed by atoms with Crippen LogP contribution in [0.2, 0.25) is 0 Å². The van der Waals surface area contributed by atoms with Gasteiger partial charge in [-0.05, 0) is 13.0 Å². The summed E-state index contributed by atoms with van der Waals surface area (Å²) in [4.78, 5) is 21.4. The molecule has 0 radical (unpaired) electrons. The summed E-state index contributed by atoms with van der Waals surface area (Å²) in [5.74, 6) is -1.00. The number of aromatic carboxylic acids is 1. The molecule has 0 unspecified atom stereocenters. The zero-order valence-electron chi connectivity index (χ0n) is 8.54. The van der Waals surface area contributed by atoms with E-state index in [1.165, 1.54) is 19.1 Å². The Labute approximate surface area is 98.4 Å². The molecule has 0 aliphatic carbocycles. The van der Waals surface area contributed by atoms with Crippen LogP contribution in [-0.4, -0.2) is 21.2 Å². The van der Waals surface area contributed by atoms with Crippen LogP contribution in [0.4, 0.5) is 5.00 Å². The van der Waals surface area contributed by atoms with Gasteiger partial charge in [-0.1, -0.05) is 16.5 Å². The van der Waals surface area contributed by atoms with Crippen LogP contribution in [0.1, 0.15) is 16.1 Å². The van der Waals surface area contributed by atoms with Crippen LogP contribution >= 0.6 is 11.3 Å². The van der Waals surface area contributed by atoms with E-state index >= 15 is 0 Å². The van der Waals surface area contributed by atoms with Crippen molar-refractivity contribution in [1.82, 2.24) is 5.16 Å². The summed E-state index contributed by atoms with van der Waals surface area (Å²) >= 11 is 0.854. The number of hydrogen-bond donors (Lipinski definition) is 1. The zero-order valence-corrected chi connectivity index (χ0v) is 9.35. The van der Waals surface area contributed by atoms with E-state index < -0.39 is 10.9 Å². The number of carboxylic acids is 1. The molecule has 7 nitrogen and oxygen atoms in total. The van der Waals surface area contributed by atoms with Gasteiger partial charge in [0.2, 0.25) is 0 Å². The van der Waals surface area contributed by atoms with E-state index in [4.69, 9.17) is 9.63 Å². The molecule has 0 aliphatic heterocycles. The molecule has 17 heavy (non-hydrogen) atoms. The SMILES string of the molecule is Cc1onc(-c2ccc([N+](=O)[O-])s2)c1C(=O)O. The van der Waals surface area contributed by atoms with Crippen molar-refractivity contribution in [3.63, 3.8) is 0 Å². The first kappa shape index (κ1) is 11.3. The molecule has 0 aliphatic rings. The largest absolute Gasteiger partial charge is 0.477 e. The van der Waals surface area contributed by atoms with Crippen molar-refractivity contribution >= 4 is 22.3 Å². The molecular formula is C9H6N2O5S. The predicted octanol–water partition coefficient (Wildman–Crippen LogP) is 2.32. The van der Waals surface area contributed by atoms with Crippen LogP contribution in [0.25, 0.3) is 10.6 Å². The molecule has 0 aromatic carbocycles. The molecule has 2 aromatic heterocycles. The molecule has 0 amide bonds. The molecule has 8 heteroatoms. The lowest BCUT2D eigenvalue weighted by molar-refractivity contribution is -0.380. The highest BCUT2D eigenvalue weighted by atomic mass is 32.1. The number of carboxylic acid groups (broad SMARTS) is 1. The molecule has 0 bridgehead atoms. The number of carbonyl (C=O) groups is 1. The van der Waals surface area contributed by atoms with Crippen molar-refractivity contribution in [3.05, 3.63) is 33.6 Å². The molecule has 88 valence electrons. The summed E-state index contributed by atoms with van der Waals surface area (Å²) in [5.41, 5.74) is 0.0508. The number of rotatable bonds is 3. The van der Waals surface area contributed by atoms with E-state index in [9.17, 15) is 14.9 Å². The van der Waals surface area contributed by atoms with Gasteiger partial charge < -0.3 is 9.63 Å². The third-order valence-corrected chi connectivity index (χ3v) is 3.13. The first-order valence-electron chi connectivity index (χ1n) is 4.45. The van der Waals surface area contributed by atoms with Crippen molar-refractivity contribution in [2.45, 2.75) is 6.92 Å². The average molecular weight is 254 g/mol. The van der Waals surface area contributed by atoms with Gasteiger partial charge in [0.25, 0.3) is 0 Å². The Morgan fingerprint density at radius 1 is 1.59 bits per heavy atom. The summed E-state index contributed by atoms with van der Waals surface area (Å²) in [5, 5.41) is 23.0. The Morgan fingerprint density at radius 2 is 2.29 bits per heavy atom. The summed E-state index contributed by atoms with van der Waals surface area (Å²) in [6.07, 6.45) is 0. The molecular weight excluding hydrogens is 248 g/mol. The van der Waals surface area contributed by atoms with Crippen molar-refractivity contribution in [2.75, 3.05) is 0 Å². The van der Waals surface area contributed by atoms with Gasteiger partial charge in [-0.2, -0.15) is 0 Å². The van der Waals surface area contributed by atoms with Crippen molar-refractivity contribution in [1.29, 1.82) is 0 Å². The number of nitro groups is 1. The van der Waals surface area contributed by atoms with Crippen molar-refractivity contribution < 1.29 is 19.3 Å². The van der Waals surface area contributed by atoms with Gasteiger partial charge >= 0.3 is 11.0 Å². The maximum Gasteiger partial charge on any atom is 0.341 e. The van der Waals surface area contributed by atoms with E-state index in [-0.39, 0.29) is 22.0 Å². The van der Waals surface area contributed by atoms with Crippen LogP contribution < -0.4 is 0 Å². The standard InChI is InChI=1S/C9H6N2O5S/c1-4-7(9(12)13)8(10-16-4)5-2-3-6(17-5)11(14)15/h2-3H,1H3,(H,12,13). The Kier molecular flexibility index (Phi) is 2.64. The lowest BCUT2D eigenvalue weighted by Gasteiger charge is -1.92. The highest BCUT2D eigenvalue weighted by Gasteiger charge is 2.23. The predicted molar refractivity (Wildman–Crippen MR) is 58.2 cm³/mol. The minimum atomic E-state index is -1.17. The second-order valence-corrected chi connectivity index (χ2v) is 4.22. The first-order chi connectivity index (χ1) is 8.00. The molecule has 2 heterocycles. The molecule has 0 saturated carbocycles. The first-order valence-corrected chi connectivity index (χ1v) is 5.26. The fraction of sp³-hybridized carbons (Fsp3) is 0.111. The van der Waals surface area contributed by atoms with Gasteiger partial charge in [-0.3, -0.25) is 10.1 Å². The Morgan fingerprint density at radius 3 is 2.82 bits per heavy atom. The maximum atomic E-state index is 11.0. The highest BCUT2D eigenvalue weighted by Crippen LogP contribution is 2.34. The fourth-order valence-corrected chi connectivity index (χ4v) is 2.15. The van der Waals surface area contributed by atoms with E-state index in [1.54, 1.807) is 0 Å². The van der Waals surface area contributed by atoms with Gasteiger partial charge in [-0.15, -0.1) is 0 Å². The third kappa shape index (κ3) is 1.89. The fourth-order valence-electron chi connectivity index (χ4n) is 1.35. The van der Waals surface area contributed by atoms with E-state index in [0.717, 1.165) is 11.3 Å². The molecule has 0 spiro atoms. The monoisotopic (exact) mass is 254 g/mol. The second-order valence-electron chi connectivity index (χ2n) is 3.16. The number of thiophene rings is 1. The topological polar surface area (TPSA) is 106 Å². The van der Waals surface area contributed by atoms with E-state index in [0.29, 0.717) is 4.88 Å². The maximum absolute atomic E-state index is 11.0. The summed E-state index contributed by atoms with van der Waals surface area (Å²) in [7, 11) is 0. The van der Waals surface area contributed by atoms with E-state index in [1.807, 2.05) is 0 Å². The lowest BCUT2D eigenvalue weighted by atomic mass is 10.2. The Bertz CT molecular complexity index is 600. The minimum Gasteiger partial charge on any atom is -0.477 e. The van der Waals surface area contributed by atoms with Crippen LogP contribution in [-0.2, 0) is 0 Å². The minimum absolute atomic E-state index is 0.0678. The van der Waals surface area contributed by atoms with Gasteiger partial charge in [0.15, 0.2) is 0 Å². The normalized spacial score (nSPS) is 10.4. The van der Waals surface area contributed by atoms with Crippen LogP contribution in [0.3, 0.4) is 0 Å². The van der Waals surface area contributed by atoms with Gasteiger partial charge in [-0.25, -0.2) is 4.79 Å². The van der Waals surface area contributed by atoms with E-state index in [2.05, 4.69) is 5.16 Å². The molecule has 0 saturated heterocycles. The number of nitrogens with zero attached hydrogens (tertiary/aromatic N) is 2.